The Labute approximate surface area is 79.4 Å². The number of aryl methyl sites for hydroxylation is 2. The van der Waals surface area contributed by atoms with Gasteiger partial charge >= 0.3 is 0 Å². The second-order valence-electron chi connectivity index (χ2n) is 4.27. The Balaban J connectivity index is 2.48. The second-order valence-corrected chi connectivity index (χ2v) is 4.27. The van der Waals surface area contributed by atoms with Crippen molar-refractivity contribution in [1.82, 2.24) is 9.78 Å². The third-order valence-corrected chi connectivity index (χ3v) is 2.41. The highest BCUT2D eigenvalue weighted by Gasteiger charge is 2.16. The smallest absolute Gasteiger partial charge is 0.0492 e. The fourth-order valence-electron chi connectivity index (χ4n) is 1.19. The van der Waals surface area contributed by atoms with Crippen molar-refractivity contribution in [3.63, 3.8) is 0 Å². The zero-order valence-electron chi connectivity index (χ0n) is 8.62. The van der Waals surface area contributed by atoms with Crippen molar-refractivity contribution in [3.05, 3.63) is 18.0 Å². The second kappa shape index (κ2) is 3.92. The van der Waals surface area contributed by atoms with Crippen LogP contribution in [-0.4, -0.2) is 21.5 Å². The maximum atomic E-state index is 9.07. The normalized spacial score (nSPS) is 12.0. The largest absolute Gasteiger partial charge is 0.396 e. The van der Waals surface area contributed by atoms with Gasteiger partial charge in [-0.3, -0.25) is 4.68 Å². The average molecular weight is 182 g/mol. The van der Waals surface area contributed by atoms with E-state index in [9.17, 15) is 0 Å². The number of aliphatic hydroxyl groups excluding tert-OH is 1. The number of aliphatic hydroxyl groups is 1. The molecule has 0 saturated carbocycles. The van der Waals surface area contributed by atoms with Gasteiger partial charge in [-0.05, 0) is 24.3 Å². The molecule has 0 spiro atoms. The monoisotopic (exact) mass is 182 g/mol. The van der Waals surface area contributed by atoms with E-state index in [1.54, 1.807) is 6.20 Å². The van der Waals surface area contributed by atoms with Gasteiger partial charge in [0.05, 0.1) is 0 Å². The van der Waals surface area contributed by atoms with Crippen LogP contribution in [0.3, 0.4) is 0 Å². The third-order valence-electron chi connectivity index (χ3n) is 2.41. The molecule has 3 heteroatoms. The zero-order chi connectivity index (χ0) is 9.90. The van der Waals surface area contributed by atoms with Crippen LogP contribution in [-0.2, 0) is 13.5 Å². The summed E-state index contributed by atoms with van der Waals surface area (Å²) in [7, 11) is 1.95. The molecule has 0 bridgehead atoms. The molecule has 0 unspecified atom stereocenters. The Bertz CT molecular complexity index is 266. The Morgan fingerprint density at radius 3 is 2.69 bits per heavy atom. The molecule has 0 amide bonds. The van der Waals surface area contributed by atoms with Crippen LogP contribution in [0.15, 0.2) is 12.3 Å². The number of aromatic nitrogens is 2. The first-order valence-corrected chi connectivity index (χ1v) is 4.63. The van der Waals surface area contributed by atoms with Gasteiger partial charge in [0.25, 0.3) is 0 Å². The molecular formula is C10H18N2O. The molecule has 0 aromatic carbocycles. The predicted molar refractivity (Wildman–Crippen MR) is 52.4 cm³/mol. The summed E-state index contributed by atoms with van der Waals surface area (Å²) in [5, 5.41) is 13.2. The molecule has 0 aliphatic rings. The van der Waals surface area contributed by atoms with Crippen LogP contribution >= 0.6 is 0 Å². The zero-order valence-corrected chi connectivity index (χ0v) is 8.62. The minimum Gasteiger partial charge on any atom is -0.396 e. The van der Waals surface area contributed by atoms with Gasteiger partial charge in [-0.2, -0.15) is 5.10 Å². The van der Waals surface area contributed by atoms with Crippen LogP contribution in [0.25, 0.3) is 0 Å². The summed E-state index contributed by atoms with van der Waals surface area (Å²) < 4.78 is 1.88. The van der Waals surface area contributed by atoms with Gasteiger partial charge in [0, 0.05) is 25.5 Å². The Morgan fingerprint density at radius 2 is 2.23 bits per heavy atom. The molecule has 1 rings (SSSR count). The number of nitrogens with zero attached hydrogens (tertiary/aromatic N) is 2. The lowest BCUT2D eigenvalue weighted by Crippen LogP contribution is -2.18. The van der Waals surface area contributed by atoms with Gasteiger partial charge in [0.15, 0.2) is 0 Å². The van der Waals surface area contributed by atoms with Gasteiger partial charge in [-0.1, -0.05) is 13.8 Å². The summed E-state index contributed by atoms with van der Waals surface area (Å²) in [6.07, 6.45) is 3.77. The molecule has 13 heavy (non-hydrogen) atoms. The standard InChI is InChI=1S/C10H18N2O/c1-10(2,8-13)6-4-9-5-7-11-12(9)3/h5,7,13H,4,6,8H2,1-3H3. The molecule has 1 aromatic heterocycles. The highest BCUT2D eigenvalue weighted by molar-refractivity contribution is 5.00. The van der Waals surface area contributed by atoms with E-state index in [1.807, 2.05) is 17.8 Å². The van der Waals surface area contributed by atoms with E-state index in [0.29, 0.717) is 0 Å². The van der Waals surface area contributed by atoms with Crippen molar-refractivity contribution in [2.24, 2.45) is 12.5 Å². The first-order valence-electron chi connectivity index (χ1n) is 4.63. The number of rotatable bonds is 4. The molecule has 1 aromatic rings. The fraction of sp³-hybridized carbons (Fsp3) is 0.700. The minimum absolute atomic E-state index is 0.0181. The molecule has 0 aliphatic heterocycles. The quantitative estimate of drug-likeness (QED) is 0.763. The van der Waals surface area contributed by atoms with E-state index in [-0.39, 0.29) is 12.0 Å². The van der Waals surface area contributed by atoms with E-state index in [0.717, 1.165) is 12.8 Å². The lowest BCUT2D eigenvalue weighted by molar-refractivity contribution is 0.150. The van der Waals surface area contributed by atoms with Crippen LogP contribution in [0.4, 0.5) is 0 Å². The van der Waals surface area contributed by atoms with Crippen molar-refractivity contribution in [2.75, 3.05) is 6.61 Å². The lowest BCUT2D eigenvalue weighted by atomic mass is 9.88. The molecule has 1 N–H and O–H groups in total. The molecule has 1 heterocycles. The van der Waals surface area contributed by atoms with Gasteiger partial charge in [-0.15, -0.1) is 0 Å². The van der Waals surface area contributed by atoms with Crippen molar-refractivity contribution in [3.8, 4) is 0 Å². The SMILES string of the molecule is Cn1nccc1CCC(C)(C)CO. The summed E-state index contributed by atoms with van der Waals surface area (Å²) in [6.45, 7) is 4.39. The minimum atomic E-state index is 0.0181. The van der Waals surface area contributed by atoms with Crippen LogP contribution in [0.2, 0.25) is 0 Å². The first kappa shape index (κ1) is 10.3. The molecule has 0 saturated heterocycles. The van der Waals surface area contributed by atoms with Gasteiger partial charge < -0.3 is 5.11 Å². The Morgan fingerprint density at radius 1 is 1.54 bits per heavy atom. The average Bonchev–Trinajstić information content (AvgIpc) is 2.48. The topological polar surface area (TPSA) is 38.0 Å². The summed E-state index contributed by atoms with van der Waals surface area (Å²) in [6, 6.07) is 2.02. The van der Waals surface area contributed by atoms with Crippen LogP contribution in [0, 0.1) is 5.41 Å². The Hall–Kier alpha value is -0.830. The van der Waals surface area contributed by atoms with Crippen LogP contribution in [0.5, 0.6) is 0 Å². The first-order chi connectivity index (χ1) is 6.05. The van der Waals surface area contributed by atoms with Crippen molar-refractivity contribution >= 4 is 0 Å². The van der Waals surface area contributed by atoms with Gasteiger partial charge in [0.1, 0.15) is 0 Å². The molecule has 3 nitrogen and oxygen atoms in total. The van der Waals surface area contributed by atoms with Crippen molar-refractivity contribution in [1.29, 1.82) is 0 Å². The predicted octanol–water partition coefficient (Wildman–Crippen LogP) is 1.37. The van der Waals surface area contributed by atoms with Crippen LogP contribution in [0.1, 0.15) is 26.0 Å². The molecule has 0 fully saturated rings. The van der Waals surface area contributed by atoms with Crippen LogP contribution < -0.4 is 0 Å². The van der Waals surface area contributed by atoms with E-state index < -0.39 is 0 Å². The summed E-state index contributed by atoms with van der Waals surface area (Å²) >= 11 is 0. The van der Waals surface area contributed by atoms with Gasteiger partial charge in [-0.25, -0.2) is 0 Å². The molecule has 74 valence electrons. The molecular weight excluding hydrogens is 164 g/mol. The van der Waals surface area contributed by atoms with E-state index in [1.165, 1.54) is 5.69 Å². The van der Waals surface area contributed by atoms with E-state index in [2.05, 4.69) is 18.9 Å². The highest BCUT2D eigenvalue weighted by Crippen LogP contribution is 2.21. The highest BCUT2D eigenvalue weighted by atomic mass is 16.3. The van der Waals surface area contributed by atoms with E-state index >= 15 is 0 Å². The molecule has 0 atom stereocenters. The van der Waals surface area contributed by atoms with Crippen molar-refractivity contribution < 1.29 is 5.11 Å². The van der Waals surface area contributed by atoms with Crippen molar-refractivity contribution in [2.45, 2.75) is 26.7 Å². The Kier molecular flexibility index (Phi) is 3.09. The third kappa shape index (κ3) is 2.84. The fourth-order valence-corrected chi connectivity index (χ4v) is 1.19. The number of hydrogen-bond donors (Lipinski definition) is 1. The molecule has 0 radical (unpaired) electrons. The number of hydrogen-bond acceptors (Lipinski definition) is 2. The summed E-state index contributed by atoms with van der Waals surface area (Å²) in [5.74, 6) is 0. The lowest BCUT2D eigenvalue weighted by Gasteiger charge is -2.20. The summed E-state index contributed by atoms with van der Waals surface area (Å²) in [5.41, 5.74) is 1.24. The van der Waals surface area contributed by atoms with Gasteiger partial charge in [0.2, 0.25) is 0 Å². The maximum Gasteiger partial charge on any atom is 0.0492 e. The summed E-state index contributed by atoms with van der Waals surface area (Å²) in [4.78, 5) is 0. The maximum absolute atomic E-state index is 9.07. The van der Waals surface area contributed by atoms with E-state index in [4.69, 9.17) is 5.11 Å². The molecule has 0 aliphatic carbocycles.